The van der Waals surface area contributed by atoms with Crippen molar-refractivity contribution in [1.29, 1.82) is 0 Å². The second kappa shape index (κ2) is 3.63. The zero-order valence-corrected chi connectivity index (χ0v) is 6.88. The number of ether oxygens (including phenoxy) is 1. The van der Waals surface area contributed by atoms with Gasteiger partial charge in [-0.2, -0.15) is 0 Å². The van der Waals surface area contributed by atoms with Crippen LogP contribution in [-0.2, 0) is 0 Å². The fraction of sp³-hybridized carbons (Fsp3) is 0.333. The minimum atomic E-state index is -5.01. The highest BCUT2D eigenvalue weighted by atomic mass is 19.4. The van der Waals surface area contributed by atoms with E-state index in [2.05, 4.69) is 9.97 Å². The monoisotopic (exact) mass is 191 g/mol. The minimum absolute atomic E-state index is 0.0358. The van der Waals surface area contributed by atoms with E-state index >= 15 is 0 Å². The molecule has 1 aromatic rings. The van der Waals surface area contributed by atoms with Crippen LogP contribution in [0, 0.1) is 0 Å². The average molecular weight is 191 g/mol. The molecular formula is C6H7BF3N2O-. The lowest BCUT2D eigenvalue weighted by atomic mass is 9.83. The van der Waals surface area contributed by atoms with E-state index in [0.717, 1.165) is 12.4 Å². The van der Waals surface area contributed by atoms with Crippen LogP contribution in [0.2, 0.25) is 0 Å². The molecule has 0 saturated carbocycles. The van der Waals surface area contributed by atoms with Gasteiger partial charge in [0.15, 0.2) is 0 Å². The number of aromatic nitrogens is 2. The molecule has 0 aliphatic rings. The normalized spacial score (nSPS) is 11.4. The molecule has 0 saturated heterocycles. The van der Waals surface area contributed by atoms with Gasteiger partial charge >= 0.3 is 13.0 Å². The van der Waals surface area contributed by atoms with Gasteiger partial charge in [0.25, 0.3) is 0 Å². The van der Waals surface area contributed by atoms with E-state index in [0.29, 0.717) is 6.61 Å². The van der Waals surface area contributed by atoms with Crippen LogP contribution in [0.5, 0.6) is 6.01 Å². The van der Waals surface area contributed by atoms with Crippen molar-refractivity contribution < 1.29 is 17.7 Å². The first-order chi connectivity index (χ1) is 6.04. The van der Waals surface area contributed by atoms with Crippen molar-refractivity contribution in [1.82, 2.24) is 9.97 Å². The van der Waals surface area contributed by atoms with Gasteiger partial charge < -0.3 is 17.7 Å². The number of rotatable bonds is 3. The molecule has 1 rings (SSSR count). The summed E-state index contributed by atoms with van der Waals surface area (Å²) in [7, 11) is 0. The molecular weight excluding hydrogens is 184 g/mol. The van der Waals surface area contributed by atoms with Gasteiger partial charge in [-0.05, 0) is 6.92 Å². The Bertz CT molecular complexity index is 274. The number of nitrogens with zero attached hydrogens (tertiary/aromatic N) is 2. The fourth-order valence-electron chi connectivity index (χ4n) is 0.699. The number of hydrogen-bond acceptors (Lipinski definition) is 3. The molecule has 0 atom stereocenters. The molecule has 72 valence electrons. The molecule has 0 amide bonds. The third-order valence-corrected chi connectivity index (χ3v) is 1.30. The van der Waals surface area contributed by atoms with Crippen LogP contribution >= 0.6 is 0 Å². The first kappa shape index (κ1) is 9.82. The molecule has 0 aliphatic carbocycles. The Balaban J connectivity index is 2.81. The van der Waals surface area contributed by atoms with Gasteiger partial charge in [0.05, 0.1) is 6.61 Å². The molecule has 3 nitrogen and oxygen atoms in total. The number of halogens is 3. The molecule has 0 spiro atoms. The van der Waals surface area contributed by atoms with Crippen LogP contribution in [0.4, 0.5) is 12.9 Å². The number of hydrogen-bond donors (Lipinski definition) is 0. The molecule has 0 aliphatic heterocycles. The minimum Gasteiger partial charge on any atom is -0.464 e. The van der Waals surface area contributed by atoms with Gasteiger partial charge in [-0.25, -0.2) is 9.97 Å². The SMILES string of the molecule is CCOc1ncc([B-](F)(F)F)cn1. The van der Waals surface area contributed by atoms with Gasteiger partial charge in [-0.15, -0.1) is 0 Å². The third kappa shape index (κ3) is 2.60. The lowest BCUT2D eigenvalue weighted by Gasteiger charge is -2.13. The molecule has 0 radical (unpaired) electrons. The second-order valence-electron chi connectivity index (χ2n) is 2.31. The fourth-order valence-corrected chi connectivity index (χ4v) is 0.699. The maximum atomic E-state index is 12.0. The molecule has 0 unspecified atom stereocenters. The van der Waals surface area contributed by atoms with Crippen molar-refractivity contribution >= 4 is 12.4 Å². The van der Waals surface area contributed by atoms with E-state index < -0.39 is 12.4 Å². The first-order valence-corrected chi connectivity index (χ1v) is 3.68. The van der Waals surface area contributed by atoms with E-state index in [9.17, 15) is 12.9 Å². The van der Waals surface area contributed by atoms with Crippen molar-refractivity contribution in [2.45, 2.75) is 6.92 Å². The van der Waals surface area contributed by atoms with Crippen molar-refractivity contribution in [2.75, 3.05) is 6.61 Å². The standard InChI is InChI=1S/C6H7BF3N2O/c1-2-13-6-11-3-5(4-12-6)7(8,9)10/h3-4H,2H2,1H3/q-1. The lowest BCUT2D eigenvalue weighted by molar-refractivity contribution is 0.312. The van der Waals surface area contributed by atoms with E-state index in [4.69, 9.17) is 4.74 Å². The van der Waals surface area contributed by atoms with E-state index in [-0.39, 0.29) is 6.01 Å². The Morgan fingerprint density at radius 3 is 2.23 bits per heavy atom. The Morgan fingerprint density at radius 2 is 1.85 bits per heavy atom. The molecule has 13 heavy (non-hydrogen) atoms. The average Bonchev–Trinajstić information content (AvgIpc) is 2.04. The lowest BCUT2D eigenvalue weighted by Crippen LogP contribution is -2.34. The molecule has 1 heterocycles. The topological polar surface area (TPSA) is 35.0 Å². The Morgan fingerprint density at radius 1 is 1.31 bits per heavy atom. The quantitative estimate of drug-likeness (QED) is 0.666. The Kier molecular flexibility index (Phi) is 2.74. The van der Waals surface area contributed by atoms with Crippen LogP contribution in [0.1, 0.15) is 6.92 Å². The summed E-state index contributed by atoms with van der Waals surface area (Å²) in [5.74, 6) is 0. The zero-order valence-electron chi connectivity index (χ0n) is 6.88. The van der Waals surface area contributed by atoms with E-state index in [1.165, 1.54) is 0 Å². The molecule has 0 aromatic carbocycles. The highest BCUT2D eigenvalue weighted by Gasteiger charge is 2.26. The van der Waals surface area contributed by atoms with Crippen molar-refractivity contribution in [3.05, 3.63) is 12.4 Å². The van der Waals surface area contributed by atoms with Crippen LogP contribution < -0.4 is 10.2 Å². The predicted octanol–water partition coefficient (Wildman–Crippen LogP) is 0.930. The van der Waals surface area contributed by atoms with Gasteiger partial charge in [-0.3, -0.25) is 0 Å². The first-order valence-electron chi connectivity index (χ1n) is 3.68. The van der Waals surface area contributed by atoms with Crippen LogP contribution in [0.25, 0.3) is 0 Å². The summed E-state index contributed by atoms with van der Waals surface area (Å²) in [6.45, 7) is -2.98. The Hall–Kier alpha value is -1.27. The predicted molar refractivity (Wildman–Crippen MR) is 41.9 cm³/mol. The molecule has 0 N–H and O–H groups in total. The van der Waals surface area contributed by atoms with Crippen molar-refractivity contribution in [3.63, 3.8) is 0 Å². The van der Waals surface area contributed by atoms with Gasteiger partial charge in [0.2, 0.25) is 0 Å². The van der Waals surface area contributed by atoms with Crippen LogP contribution in [0.3, 0.4) is 0 Å². The maximum Gasteiger partial charge on any atom is 0.512 e. The van der Waals surface area contributed by atoms with Crippen molar-refractivity contribution in [2.24, 2.45) is 0 Å². The van der Waals surface area contributed by atoms with Gasteiger partial charge in [0.1, 0.15) is 0 Å². The largest absolute Gasteiger partial charge is 0.512 e. The van der Waals surface area contributed by atoms with E-state index in [1.54, 1.807) is 6.92 Å². The third-order valence-electron chi connectivity index (χ3n) is 1.30. The maximum absolute atomic E-state index is 12.0. The molecule has 1 aromatic heterocycles. The summed E-state index contributed by atoms with van der Waals surface area (Å²) >= 11 is 0. The van der Waals surface area contributed by atoms with Gasteiger partial charge in [0, 0.05) is 12.4 Å². The van der Waals surface area contributed by atoms with Crippen LogP contribution in [0.15, 0.2) is 12.4 Å². The van der Waals surface area contributed by atoms with Crippen molar-refractivity contribution in [3.8, 4) is 6.01 Å². The highest BCUT2D eigenvalue weighted by Crippen LogP contribution is 2.08. The summed E-state index contributed by atoms with van der Waals surface area (Å²) in [4.78, 5) is 6.79. The summed E-state index contributed by atoms with van der Waals surface area (Å²) in [5.41, 5.74) is -0.816. The van der Waals surface area contributed by atoms with Crippen LogP contribution in [-0.4, -0.2) is 23.6 Å². The smallest absolute Gasteiger partial charge is 0.464 e. The van der Waals surface area contributed by atoms with E-state index in [1.807, 2.05) is 0 Å². The highest BCUT2D eigenvalue weighted by molar-refractivity contribution is 6.73. The summed E-state index contributed by atoms with van der Waals surface area (Å²) < 4.78 is 40.9. The summed E-state index contributed by atoms with van der Waals surface area (Å²) in [6, 6.07) is -0.0358. The van der Waals surface area contributed by atoms with Gasteiger partial charge in [-0.1, -0.05) is 5.46 Å². The molecule has 7 heteroatoms. The second-order valence-corrected chi connectivity index (χ2v) is 2.31. The zero-order chi connectivity index (χ0) is 9.90. The summed E-state index contributed by atoms with van der Waals surface area (Å²) in [5, 5.41) is 0. The molecule has 0 fully saturated rings. The summed E-state index contributed by atoms with van der Waals surface area (Å²) in [6.07, 6.45) is 1.44. The Labute approximate surface area is 73.0 Å². The molecule has 0 bridgehead atoms.